The number of benzene rings is 3. The quantitative estimate of drug-likeness (QED) is 0.255. The Hall–Kier alpha value is -3.02. The fourth-order valence-electron chi connectivity index (χ4n) is 3.85. The van der Waals surface area contributed by atoms with Gasteiger partial charge in [-0.2, -0.15) is 0 Å². The van der Waals surface area contributed by atoms with Gasteiger partial charge in [-0.3, -0.25) is 4.79 Å². The van der Waals surface area contributed by atoms with Gasteiger partial charge in [0, 0.05) is 24.5 Å². The Bertz CT molecular complexity index is 1240. The number of halogens is 2. The fraction of sp³-hybridized carbons (Fsp3) is 0.259. The highest BCUT2D eigenvalue weighted by atomic mass is 35.5. The second-order valence-corrected chi connectivity index (χ2v) is 8.90. The number of unbranched alkanes of at least 4 members (excludes halogenated alkanes) is 1. The Labute approximate surface area is 209 Å². The van der Waals surface area contributed by atoms with Gasteiger partial charge in [0.25, 0.3) is 0 Å². The van der Waals surface area contributed by atoms with Gasteiger partial charge in [-0.15, -0.1) is 0 Å². The minimum atomic E-state index is -0.0123. The van der Waals surface area contributed by atoms with Crippen LogP contribution in [0.5, 0.6) is 5.75 Å². The molecule has 4 aromatic rings. The number of carbonyl (C=O) groups excluding carboxylic acids is 1. The zero-order chi connectivity index (χ0) is 23.8. The lowest BCUT2D eigenvalue weighted by Gasteiger charge is -2.11. The molecule has 0 unspecified atom stereocenters. The second-order valence-electron chi connectivity index (χ2n) is 8.06. The highest BCUT2D eigenvalue weighted by Crippen LogP contribution is 2.23. The Morgan fingerprint density at radius 2 is 1.71 bits per heavy atom. The van der Waals surface area contributed by atoms with Crippen molar-refractivity contribution in [2.45, 2.75) is 32.2 Å². The highest BCUT2D eigenvalue weighted by Gasteiger charge is 2.11. The number of amides is 1. The van der Waals surface area contributed by atoms with Crippen molar-refractivity contribution < 1.29 is 9.53 Å². The number of nitrogens with one attached hydrogen (secondary N) is 1. The van der Waals surface area contributed by atoms with E-state index >= 15 is 0 Å². The summed E-state index contributed by atoms with van der Waals surface area (Å²) in [6, 6.07) is 23.0. The lowest BCUT2D eigenvalue weighted by Crippen LogP contribution is -2.28. The number of hydrogen-bond acceptors (Lipinski definition) is 3. The summed E-state index contributed by atoms with van der Waals surface area (Å²) in [5.74, 6) is 1.67. The van der Waals surface area contributed by atoms with Gasteiger partial charge < -0.3 is 14.6 Å². The van der Waals surface area contributed by atoms with Crippen molar-refractivity contribution in [3.63, 3.8) is 0 Å². The Morgan fingerprint density at radius 3 is 2.53 bits per heavy atom. The first-order valence-corrected chi connectivity index (χ1v) is 12.2. The molecule has 0 aliphatic rings. The van der Waals surface area contributed by atoms with Crippen molar-refractivity contribution in [2.24, 2.45) is 0 Å². The monoisotopic (exact) mass is 495 g/mol. The van der Waals surface area contributed by atoms with Crippen molar-refractivity contribution in [3.8, 4) is 5.75 Å². The first-order chi connectivity index (χ1) is 16.6. The van der Waals surface area contributed by atoms with E-state index < -0.39 is 0 Å². The van der Waals surface area contributed by atoms with E-state index in [9.17, 15) is 4.79 Å². The van der Waals surface area contributed by atoms with Crippen molar-refractivity contribution in [1.29, 1.82) is 0 Å². The maximum atomic E-state index is 12.3. The predicted molar refractivity (Wildman–Crippen MR) is 138 cm³/mol. The smallest absolute Gasteiger partial charge is 0.224 e. The minimum Gasteiger partial charge on any atom is -0.492 e. The highest BCUT2D eigenvalue weighted by molar-refractivity contribution is 6.32. The Kier molecular flexibility index (Phi) is 8.45. The molecule has 3 aromatic carbocycles. The number of carbonyl (C=O) groups is 1. The lowest BCUT2D eigenvalue weighted by molar-refractivity contribution is -0.120. The van der Waals surface area contributed by atoms with Gasteiger partial charge in [-0.25, -0.2) is 4.98 Å². The summed E-state index contributed by atoms with van der Waals surface area (Å²) in [6.07, 6.45) is 2.84. The van der Waals surface area contributed by atoms with E-state index in [1.165, 1.54) is 0 Å². The molecule has 0 saturated heterocycles. The van der Waals surface area contributed by atoms with Crippen LogP contribution >= 0.6 is 23.2 Å². The molecule has 7 heteroatoms. The summed E-state index contributed by atoms with van der Waals surface area (Å²) in [5.41, 5.74) is 3.02. The summed E-state index contributed by atoms with van der Waals surface area (Å²) < 4.78 is 8.06. The molecule has 0 fully saturated rings. The largest absolute Gasteiger partial charge is 0.492 e. The van der Waals surface area contributed by atoms with Crippen LogP contribution in [0.3, 0.4) is 0 Å². The summed E-state index contributed by atoms with van der Waals surface area (Å²) in [5, 5.41) is 4.30. The van der Waals surface area contributed by atoms with Crippen molar-refractivity contribution in [3.05, 3.63) is 94.2 Å². The molecule has 1 heterocycles. The van der Waals surface area contributed by atoms with Gasteiger partial charge in [-0.05, 0) is 54.8 Å². The molecule has 0 radical (unpaired) electrons. The Balaban J connectivity index is 1.30. The Morgan fingerprint density at radius 1 is 0.941 bits per heavy atom. The van der Waals surface area contributed by atoms with E-state index in [1.807, 2.05) is 54.6 Å². The number of aromatic nitrogens is 2. The van der Waals surface area contributed by atoms with Gasteiger partial charge >= 0.3 is 0 Å². The van der Waals surface area contributed by atoms with Gasteiger partial charge in [0.15, 0.2) is 0 Å². The molecule has 0 aliphatic carbocycles. The lowest BCUT2D eigenvalue weighted by atomic mass is 10.1. The summed E-state index contributed by atoms with van der Waals surface area (Å²) in [6.45, 7) is 1.97. The molecule has 0 atom stereocenters. The average molecular weight is 496 g/mol. The number of ether oxygens (including phenoxy) is 1. The minimum absolute atomic E-state index is 0.0123. The third-order valence-electron chi connectivity index (χ3n) is 5.55. The molecular formula is C27H27Cl2N3O2. The number of hydrogen-bond donors (Lipinski definition) is 1. The van der Waals surface area contributed by atoms with Crippen LogP contribution in [-0.2, 0) is 24.2 Å². The fourth-order valence-corrected chi connectivity index (χ4v) is 4.16. The first kappa shape index (κ1) is 24.1. The van der Waals surface area contributed by atoms with Crippen LogP contribution in [0.2, 0.25) is 10.0 Å². The van der Waals surface area contributed by atoms with E-state index in [2.05, 4.69) is 16.0 Å². The topological polar surface area (TPSA) is 56.2 Å². The van der Waals surface area contributed by atoms with Gasteiger partial charge in [-0.1, -0.05) is 59.6 Å². The van der Waals surface area contributed by atoms with Crippen LogP contribution in [0.15, 0.2) is 72.8 Å². The van der Waals surface area contributed by atoms with E-state index in [0.29, 0.717) is 41.8 Å². The SMILES string of the molecule is O=C(Cc1ccc(Cl)cc1)NCCc1nc2ccccc2n1CCCCOc1ccccc1Cl. The second kappa shape index (κ2) is 11.9. The van der Waals surface area contributed by atoms with E-state index in [1.54, 1.807) is 12.1 Å². The molecule has 1 N–H and O–H groups in total. The molecule has 34 heavy (non-hydrogen) atoms. The number of nitrogens with zero attached hydrogens (tertiary/aromatic N) is 2. The maximum absolute atomic E-state index is 12.3. The molecular weight excluding hydrogens is 469 g/mol. The third kappa shape index (κ3) is 6.52. The number of aryl methyl sites for hydroxylation is 1. The molecule has 176 valence electrons. The molecule has 1 aromatic heterocycles. The number of fused-ring (bicyclic) bond motifs is 1. The number of para-hydroxylation sites is 3. The molecule has 0 saturated carbocycles. The van der Waals surface area contributed by atoms with Crippen LogP contribution in [0.25, 0.3) is 11.0 Å². The molecule has 5 nitrogen and oxygen atoms in total. The predicted octanol–water partition coefficient (Wildman–Crippen LogP) is 6.10. The summed E-state index contributed by atoms with van der Waals surface area (Å²) in [7, 11) is 0. The van der Waals surface area contributed by atoms with Crippen LogP contribution in [0.4, 0.5) is 0 Å². The van der Waals surface area contributed by atoms with Crippen LogP contribution < -0.4 is 10.1 Å². The molecule has 4 rings (SSSR count). The first-order valence-electron chi connectivity index (χ1n) is 11.4. The van der Waals surface area contributed by atoms with E-state index in [0.717, 1.165) is 41.8 Å². The van der Waals surface area contributed by atoms with E-state index in [4.69, 9.17) is 32.9 Å². The zero-order valence-corrected chi connectivity index (χ0v) is 20.4. The van der Waals surface area contributed by atoms with Crippen LogP contribution in [0, 0.1) is 0 Å². The van der Waals surface area contributed by atoms with Crippen molar-refractivity contribution >= 4 is 40.1 Å². The van der Waals surface area contributed by atoms with Gasteiger partial charge in [0.2, 0.25) is 5.91 Å². The van der Waals surface area contributed by atoms with Crippen LogP contribution in [0.1, 0.15) is 24.2 Å². The molecule has 0 bridgehead atoms. The van der Waals surface area contributed by atoms with Crippen molar-refractivity contribution in [1.82, 2.24) is 14.9 Å². The van der Waals surface area contributed by atoms with E-state index in [-0.39, 0.29) is 5.91 Å². The van der Waals surface area contributed by atoms with Gasteiger partial charge in [0.1, 0.15) is 11.6 Å². The molecule has 1 amide bonds. The van der Waals surface area contributed by atoms with Crippen molar-refractivity contribution in [2.75, 3.05) is 13.2 Å². The molecule has 0 aliphatic heterocycles. The molecule has 0 spiro atoms. The van der Waals surface area contributed by atoms with Crippen LogP contribution in [-0.4, -0.2) is 28.6 Å². The normalized spacial score (nSPS) is 11.0. The maximum Gasteiger partial charge on any atom is 0.224 e. The standard InChI is InChI=1S/C27H27Cl2N3O2/c28-21-13-11-20(12-14-21)19-27(33)30-16-15-26-31-23-8-2-3-9-24(23)32(26)17-5-6-18-34-25-10-4-1-7-22(25)29/h1-4,7-14H,5-6,15-19H2,(H,30,33). The average Bonchev–Trinajstić information content (AvgIpc) is 3.19. The zero-order valence-electron chi connectivity index (χ0n) is 18.8. The van der Waals surface area contributed by atoms with Gasteiger partial charge in [0.05, 0.1) is 29.1 Å². The summed E-state index contributed by atoms with van der Waals surface area (Å²) in [4.78, 5) is 17.1. The summed E-state index contributed by atoms with van der Waals surface area (Å²) >= 11 is 12.1. The number of imidazole rings is 1. The number of rotatable bonds is 11. The third-order valence-corrected chi connectivity index (χ3v) is 6.12.